The van der Waals surface area contributed by atoms with E-state index in [0.29, 0.717) is 6.79 Å². The minimum Gasteiger partial charge on any atom is -0.457 e. The molecule has 5 rings (SSSR count). The topological polar surface area (TPSA) is 39.7 Å². The lowest BCUT2D eigenvalue weighted by Crippen LogP contribution is -2.30. The highest BCUT2D eigenvalue weighted by atomic mass is 16.7. The molecule has 1 atom stereocenters. The second kappa shape index (κ2) is 6.39. The van der Waals surface area contributed by atoms with Crippen LogP contribution in [0.1, 0.15) is 22.7 Å². The standard InChI is InChI=1S/C22H19NO3/c1-2-6-17(7-3-1)26-18-8-4-5-16(11-18)22-19-13-21-20(24-14-25-21)12-15(19)9-10-23-22/h1-8,11-13,22-23H,9-10,14H2. The minimum atomic E-state index is 0.118. The molecular formula is C22H19NO3. The van der Waals surface area contributed by atoms with Crippen molar-refractivity contribution in [2.75, 3.05) is 13.3 Å². The van der Waals surface area contributed by atoms with Gasteiger partial charge in [0.05, 0.1) is 6.04 Å². The first-order valence-corrected chi connectivity index (χ1v) is 8.85. The van der Waals surface area contributed by atoms with Crippen molar-refractivity contribution < 1.29 is 14.2 Å². The maximum atomic E-state index is 6.00. The summed E-state index contributed by atoms with van der Waals surface area (Å²) < 4.78 is 17.1. The molecule has 3 aromatic carbocycles. The SMILES string of the molecule is c1ccc(Oc2cccc(C3NCCc4cc5c(cc43)OCO5)c2)cc1. The van der Waals surface area contributed by atoms with Crippen molar-refractivity contribution in [1.82, 2.24) is 5.32 Å². The number of nitrogens with one attached hydrogen (secondary N) is 1. The predicted molar refractivity (Wildman–Crippen MR) is 99.1 cm³/mol. The molecule has 0 bridgehead atoms. The second-order valence-electron chi connectivity index (χ2n) is 6.53. The van der Waals surface area contributed by atoms with Crippen molar-refractivity contribution in [1.29, 1.82) is 0 Å². The summed E-state index contributed by atoms with van der Waals surface area (Å²) in [5.41, 5.74) is 3.74. The Morgan fingerprint density at radius 1 is 0.846 bits per heavy atom. The van der Waals surface area contributed by atoms with E-state index in [1.807, 2.05) is 42.5 Å². The van der Waals surface area contributed by atoms with Gasteiger partial charge in [0.15, 0.2) is 11.5 Å². The first-order valence-electron chi connectivity index (χ1n) is 8.85. The second-order valence-corrected chi connectivity index (χ2v) is 6.53. The van der Waals surface area contributed by atoms with E-state index in [4.69, 9.17) is 14.2 Å². The number of rotatable bonds is 3. The van der Waals surface area contributed by atoms with Crippen molar-refractivity contribution in [3.63, 3.8) is 0 Å². The fourth-order valence-electron chi connectivity index (χ4n) is 3.63. The van der Waals surface area contributed by atoms with Crippen LogP contribution in [0.25, 0.3) is 0 Å². The number of hydrogen-bond acceptors (Lipinski definition) is 4. The largest absolute Gasteiger partial charge is 0.457 e. The molecule has 26 heavy (non-hydrogen) atoms. The van der Waals surface area contributed by atoms with Gasteiger partial charge in [0.1, 0.15) is 11.5 Å². The highest BCUT2D eigenvalue weighted by molar-refractivity contribution is 5.53. The lowest BCUT2D eigenvalue weighted by Gasteiger charge is -2.28. The first-order chi connectivity index (χ1) is 12.9. The van der Waals surface area contributed by atoms with Gasteiger partial charge in [-0.3, -0.25) is 0 Å². The smallest absolute Gasteiger partial charge is 0.231 e. The molecular weight excluding hydrogens is 326 g/mol. The summed E-state index contributed by atoms with van der Waals surface area (Å²) in [4.78, 5) is 0. The van der Waals surface area contributed by atoms with Crippen molar-refractivity contribution in [2.24, 2.45) is 0 Å². The van der Waals surface area contributed by atoms with E-state index in [1.54, 1.807) is 0 Å². The molecule has 0 saturated carbocycles. The fraction of sp³-hybridized carbons (Fsp3) is 0.182. The summed E-state index contributed by atoms with van der Waals surface area (Å²) in [6.07, 6.45) is 0.989. The van der Waals surface area contributed by atoms with Crippen LogP contribution in [0.4, 0.5) is 0 Å². The lowest BCUT2D eigenvalue weighted by atomic mass is 9.89. The van der Waals surface area contributed by atoms with Crippen LogP contribution >= 0.6 is 0 Å². The summed E-state index contributed by atoms with van der Waals surface area (Å²) in [6.45, 7) is 1.23. The highest BCUT2D eigenvalue weighted by Gasteiger charge is 2.26. The Morgan fingerprint density at radius 2 is 1.65 bits per heavy atom. The Morgan fingerprint density at radius 3 is 2.54 bits per heavy atom. The molecule has 4 nitrogen and oxygen atoms in total. The van der Waals surface area contributed by atoms with Gasteiger partial charge in [-0.15, -0.1) is 0 Å². The molecule has 0 amide bonds. The molecule has 0 aromatic heterocycles. The van der Waals surface area contributed by atoms with Gasteiger partial charge in [-0.1, -0.05) is 30.3 Å². The molecule has 2 aliphatic heterocycles. The number of benzene rings is 3. The maximum Gasteiger partial charge on any atom is 0.231 e. The third kappa shape index (κ3) is 2.78. The van der Waals surface area contributed by atoms with Crippen LogP contribution in [0.5, 0.6) is 23.0 Å². The predicted octanol–water partition coefficient (Wildman–Crippen LogP) is 4.44. The molecule has 2 aliphatic rings. The molecule has 0 fully saturated rings. The summed E-state index contributed by atoms with van der Waals surface area (Å²) in [5, 5.41) is 3.62. The number of ether oxygens (including phenoxy) is 3. The van der Waals surface area contributed by atoms with Gasteiger partial charge in [0.25, 0.3) is 0 Å². The van der Waals surface area contributed by atoms with Crippen LogP contribution in [0.3, 0.4) is 0 Å². The van der Waals surface area contributed by atoms with Gasteiger partial charge in [0, 0.05) is 6.54 Å². The summed E-state index contributed by atoms with van der Waals surface area (Å²) in [5.74, 6) is 3.35. The number of fused-ring (bicyclic) bond motifs is 2. The lowest BCUT2D eigenvalue weighted by molar-refractivity contribution is 0.174. The third-order valence-electron chi connectivity index (χ3n) is 4.86. The van der Waals surface area contributed by atoms with Gasteiger partial charge in [-0.2, -0.15) is 0 Å². The van der Waals surface area contributed by atoms with Crippen LogP contribution in [0, 0.1) is 0 Å². The molecule has 3 aromatic rings. The van der Waals surface area contributed by atoms with E-state index in [-0.39, 0.29) is 6.04 Å². The molecule has 0 radical (unpaired) electrons. The van der Waals surface area contributed by atoms with E-state index in [2.05, 4.69) is 29.6 Å². The maximum absolute atomic E-state index is 6.00. The summed E-state index contributed by atoms with van der Waals surface area (Å²) >= 11 is 0. The van der Waals surface area contributed by atoms with E-state index >= 15 is 0 Å². The zero-order chi connectivity index (χ0) is 17.3. The van der Waals surface area contributed by atoms with Crippen molar-refractivity contribution in [3.8, 4) is 23.0 Å². The quantitative estimate of drug-likeness (QED) is 0.762. The summed E-state index contributed by atoms with van der Waals surface area (Å²) in [6, 6.07) is 22.5. The molecule has 2 heterocycles. The van der Waals surface area contributed by atoms with Crippen molar-refractivity contribution in [2.45, 2.75) is 12.5 Å². The average Bonchev–Trinajstić information content (AvgIpc) is 3.14. The summed E-state index contributed by atoms with van der Waals surface area (Å²) in [7, 11) is 0. The van der Waals surface area contributed by atoms with Gasteiger partial charge in [0.2, 0.25) is 6.79 Å². The molecule has 0 saturated heterocycles. The van der Waals surface area contributed by atoms with E-state index in [0.717, 1.165) is 36.0 Å². The van der Waals surface area contributed by atoms with E-state index in [9.17, 15) is 0 Å². The molecule has 130 valence electrons. The van der Waals surface area contributed by atoms with Gasteiger partial charge >= 0.3 is 0 Å². The number of para-hydroxylation sites is 1. The molecule has 1 N–H and O–H groups in total. The minimum absolute atomic E-state index is 0.118. The van der Waals surface area contributed by atoms with Gasteiger partial charge in [-0.05, 0) is 59.5 Å². The van der Waals surface area contributed by atoms with E-state index < -0.39 is 0 Å². The van der Waals surface area contributed by atoms with Crippen LogP contribution in [-0.2, 0) is 6.42 Å². The van der Waals surface area contributed by atoms with Crippen molar-refractivity contribution in [3.05, 3.63) is 83.4 Å². The Balaban J connectivity index is 1.49. The van der Waals surface area contributed by atoms with Crippen LogP contribution < -0.4 is 19.5 Å². The highest BCUT2D eigenvalue weighted by Crippen LogP contribution is 2.40. The monoisotopic (exact) mass is 345 g/mol. The number of hydrogen-bond donors (Lipinski definition) is 1. The van der Waals surface area contributed by atoms with Crippen LogP contribution in [0.15, 0.2) is 66.7 Å². The molecule has 1 unspecified atom stereocenters. The van der Waals surface area contributed by atoms with Gasteiger partial charge < -0.3 is 19.5 Å². The molecule has 0 aliphatic carbocycles. The van der Waals surface area contributed by atoms with Crippen molar-refractivity contribution >= 4 is 0 Å². The Hall–Kier alpha value is -2.98. The van der Waals surface area contributed by atoms with Crippen LogP contribution in [0.2, 0.25) is 0 Å². The average molecular weight is 345 g/mol. The Kier molecular flexibility index (Phi) is 3.76. The Labute approximate surface area is 152 Å². The normalized spacial score (nSPS) is 17.6. The Bertz CT molecular complexity index is 939. The van der Waals surface area contributed by atoms with E-state index in [1.165, 1.54) is 16.7 Å². The molecule has 4 heteroatoms. The van der Waals surface area contributed by atoms with Crippen LogP contribution in [-0.4, -0.2) is 13.3 Å². The molecule has 0 spiro atoms. The fourth-order valence-corrected chi connectivity index (χ4v) is 3.63. The zero-order valence-corrected chi connectivity index (χ0v) is 14.3. The third-order valence-corrected chi connectivity index (χ3v) is 4.86. The van der Waals surface area contributed by atoms with Gasteiger partial charge in [-0.25, -0.2) is 0 Å². The first kappa shape index (κ1) is 15.3. The zero-order valence-electron chi connectivity index (χ0n) is 14.3.